The highest BCUT2D eigenvalue weighted by atomic mass is 16.5. The fraction of sp³-hybridized carbons (Fsp3) is 0.455. The number of ether oxygens (including phenoxy) is 1. The molecule has 0 saturated heterocycles. The van der Waals surface area contributed by atoms with Crippen LogP contribution in [0.4, 0.5) is 0 Å². The Kier molecular flexibility index (Phi) is 2.23. The quantitative estimate of drug-likeness (QED) is 0.748. The maximum atomic E-state index is 5.18. The van der Waals surface area contributed by atoms with E-state index in [0.717, 1.165) is 18.7 Å². The van der Waals surface area contributed by atoms with Gasteiger partial charge in [0.2, 0.25) is 0 Å². The van der Waals surface area contributed by atoms with Crippen LogP contribution in [-0.2, 0) is 6.54 Å². The normalized spacial score (nSPS) is 20.0. The maximum Gasteiger partial charge on any atom is 0.119 e. The molecule has 2 nitrogen and oxygen atoms in total. The van der Waals surface area contributed by atoms with Gasteiger partial charge in [0.1, 0.15) is 5.75 Å². The predicted molar refractivity (Wildman–Crippen MR) is 52.9 cm³/mol. The summed E-state index contributed by atoms with van der Waals surface area (Å²) in [6.45, 7) is 3.18. The average molecular weight is 177 g/mol. The molecule has 0 radical (unpaired) electrons. The Balaban J connectivity index is 2.34. The fourth-order valence-electron chi connectivity index (χ4n) is 1.91. The lowest BCUT2D eigenvalue weighted by atomic mass is 10.0. The molecule has 0 bridgehead atoms. The van der Waals surface area contributed by atoms with Crippen molar-refractivity contribution in [1.29, 1.82) is 0 Å². The van der Waals surface area contributed by atoms with Crippen molar-refractivity contribution >= 4 is 0 Å². The molecule has 70 valence electrons. The van der Waals surface area contributed by atoms with E-state index in [0.29, 0.717) is 6.04 Å². The van der Waals surface area contributed by atoms with E-state index in [-0.39, 0.29) is 0 Å². The van der Waals surface area contributed by atoms with Crippen LogP contribution in [0.2, 0.25) is 0 Å². The zero-order chi connectivity index (χ0) is 9.26. The van der Waals surface area contributed by atoms with Crippen LogP contribution in [0, 0.1) is 0 Å². The van der Waals surface area contributed by atoms with Gasteiger partial charge in [0, 0.05) is 12.6 Å². The fourth-order valence-corrected chi connectivity index (χ4v) is 1.91. The molecule has 2 rings (SSSR count). The van der Waals surface area contributed by atoms with Crippen molar-refractivity contribution in [2.75, 3.05) is 7.11 Å². The standard InChI is InChI=1S/C11H15NO/c1-3-11-10-5-4-9(13-2)6-8(10)7-12-11/h4-6,11-12H,3,7H2,1-2H3. The third kappa shape index (κ3) is 1.42. The topological polar surface area (TPSA) is 21.3 Å². The van der Waals surface area contributed by atoms with Gasteiger partial charge in [0.25, 0.3) is 0 Å². The summed E-state index contributed by atoms with van der Waals surface area (Å²) in [5.74, 6) is 0.956. The van der Waals surface area contributed by atoms with E-state index in [1.54, 1.807) is 7.11 Å². The molecule has 0 aromatic heterocycles. The summed E-state index contributed by atoms with van der Waals surface area (Å²) >= 11 is 0. The second-order valence-electron chi connectivity index (χ2n) is 3.41. The Hall–Kier alpha value is -1.02. The van der Waals surface area contributed by atoms with Gasteiger partial charge in [-0.1, -0.05) is 13.0 Å². The van der Waals surface area contributed by atoms with Gasteiger partial charge in [-0.05, 0) is 29.7 Å². The van der Waals surface area contributed by atoms with Crippen molar-refractivity contribution < 1.29 is 4.74 Å². The molecular formula is C11H15NO. The van der Waals surface area contributed by atoms with Crippen LogP contribution in [0.25, 0.3) is 0 Å². The van der Waals surface area contributed by atoms with E-state index in [2.05, 4.69) is 24.4 Å². The number of nitrogens with one attached hydrogen (secondary N) is 1. The highest BCUT2D eigenvalue weighted by molar-refractivity contribution is 5.40. The van der Waals surface area contributed by atoms with Crippen LogP contribution in [0.3, 0.4) is 0 Å². The Bertz CT molecular complexity index is 309. The summed E-state index contributed by atoms with van der Waals surface area (Å²) in [7, 11) is 1.71. The molecular weight excluding hydrogens is 162 g/mol. The largest absolute Gasteiger partial charge is 0.497 e. The molecule has 1 aliphatic heterocycles. The van der Waals surface area contributed by atoms with Crippen molar-refractivity contribution in [2.24, 2.45) is 0 Å². The smallest absolute Gasteiger partial charge is 0.119 e. The van der Waals surface area contributed by atoms with Gasteiger partial charge < -0.3 is 10.1 Å². The lowest BCUT2D eigenvalue weighted by molar-refractivity contribution is 0.414. The van der Waals surface area contributed by atoms with Crippen LogP contribution in [0.15, 0.2) is 18.2 Å². The Morgan fingerprint density at radius 3 is 3.08 bits per heavy atom. The zero-order valence-electron chi connectivity index (χ0n) is 8.13. The molecule has 13 heavy (non-hydrogen) atoms. The van der Waals surface area contributed by atoms with Crippen LogP contribution in [0.1, 0.15) is 30.5 Å². The number of hydrogen-bond acceptors (Lipinski definition) is 2. The van der Waals surface area contributed by atoms with E-state index >= 15 is 0 Å². The highest BCUT2D eigenvalue weighted by Crippen LogP contribution is 2.30. The summed E-state index contributed by atoms with van der Waals surface area (Å²) in [4.78, 5) is 0. The van der Waals surface area contributed by atoms with Gasteiger partial charge in [-0.2, -0.15) is 0 Å². The molecule has 1 atom stereocenters. The molecule has 0 fully saturated rings. The molecule has 1 heterocycles. The molecule has 2 heteroatoms. The minimum atomic E-state index is 0.543. The highest BCUT2D eigenvalue weighted by Gasteiger charge is 2.19. The van der Waals surface area contributed by atoms with E-state index < -0.39 is 0 Å². The molecule has 1 unspecified atom stereocenters. The Morgan fingerprint density at radius 2 is 2.38 bits per heavy atom. The maximum absolute atomic E-state index is 5.18. The summed E-state index contributed by atoms with van der Waals surface area (Å²) in [5, 5.41) is 3.47. The van der Waals surface area contributed by atoms with E-state index in [1.165, 1.54) is 11.1 Å². The average Bonchev–Trinajstić information content (AvgIpc) is 2.59. The molecule has 1 aromatic carbocycles. The summed E-state index contributed by atoms with van der Waals surface area (Å²) in [6.07, 6.45) is 1.15. The molecule has 0 saturated carbocycles. The first-order valence-electron chi connectivity index (χ1n) is 4.75. The van der Waals surface area contributed by atoms with Crippen molar-refractivity contribution in [3.63, 3.8) is 0 Å². The molecule has 0 amide bonds. The summed E-state index contributed by atoms with van der Waals surface area (Å²) < 4.78 is 5.18. The van der Waals surface area contributed by atoms with Gasteiger partial charge in [-0.25, -0.2) is 0 Å². The second-order valence-corrected chi connectivity index (χ2v) is 3.41. The number of hydrogen-bond donors (Lipinski definition) is 1. The third-order valence-corrected chi connectivity index (χ3v) is 2.67. The number of rotatable bonds is 2. The van der Waals surface area contributed by atoms with Gasteiger partial charge >= 0.3 is 0 Å². The lowest BCUT2D eigenvalue weighted by Crippen LogP contribution is -2.10. The minimum absolute atomic E-state index is 0.543. The van der Waals surface area contributed by atoms with Crippen LogP contribution >= 0.6 is 0 Å². The summed E-state index contributed by atoms with van der Waals surface area (Å²) in [5.41, 5.74) is 2.81. The van der Waals surface area contributed by atoms with Crippen LogP contribution < -0.4 is 10.1 Å². The minimum Gasteiger partial charge on any atom is -0.497 e. The Morgan fingerprint density at radius 1 is 1.54 bits per heavy atom. The van der Waals surface area contributed by atoms with Crippen molar-refractivity contribution in [3.8, 4) is 5.75 Å². The SMILES string of the molecule is CCC1NCc2cc(OC)ccc21. The second kappa shape index (κ2) is 3.38. The van der Waals surface area contributed by atoms with Crippen LogP contribution in [0.5, 0.6) is 5.75 Å². The molecule has 0 spiro atoms. The number of fused-ring (bicyclic) bond motifs is 1. The zero-order valence-corrected chi connectivity index (χ0v) is 8.13. The van der Waals surface area contributed by atoms with E-state index in [9.17, 15) is 0 Å². The molecule has 1 aliphatic rings. The van der Waals surface area contributed by atoms with Gasteiger partial charge in [-0.3, -0.25) is 0 Å². The number of benzene rings is 1. The first-order chi connectivity index (χ1) is 6.35. The molecule has 1 N–H and O–H groups in total. The van der Waals surface area contributed by atoms with Gasteiger partial charge in [0.15, 0.2) is 0 Å². The van der Waals surface area contributed by atoms with Crippen LogP contribution in [-0.4, -0.2) is 7.11 Å². The van der Waals surface area contributed by atoms with Crippen molar-refractivity contribution in [1.82, 2.24) is 5.32 Å². The monoisotopic (exact) mass is 177 g/mol. The molecule has 1 aromatic rings. The van der Waals surface area contributed by atoms with E-state index in [4.69, 9.17) is 4.74 Å². The first-order valence-corrected chi connectivity index (χ1v) is 4.75. The van der Waals surface area contributed by atoms with Gasteiger partial charge in [0.05, 0.1) is 7.11 Å². The Labute approximate surface area is 78.9 Å². The lowest BCUT2D eigenvalue weighted by Gasteiger charge is -2.08. The van der Waals surface area contributed by atoms with Gasteiger partial charge in [-0.15, -0.1) is 0 Å². The van der Waals surface area contributed by atoms with E-state index in [1.807, 2.05) is 6.07 Å². The van der Waals surface area contributed by atoms with Crippen molar-refractivity contribution in [2.45, 2.75) is 25.9 Å². The van der Waals surface area contributed by atoms with Crippen molar-refractivity contribution in [3.05, 3.63) is 29.3 Å². The number of methoxy groups -OCH3 is 1. The molecule has 0 aliphatic carbocycles. The third-order valence-electron chi connectivity index (χ3n) is 2.67. The predicted octanol–water partition coefficient (Wildman–Crippen LogP) is 2.25. The first kappa shape index (κ1) is 8.57. The summed E-state index contributed by atoms with van der Waals surface area (Å²) in [6, 6.07) is 6.87.